The van der Waals surface area contributed by atoms with E-state index in [1.54, 1.807) is 34.5 Å². The first-order chi connectivity index (χ1) is 10.2. The van der Waals surface area contributed by atoms with Gasteiger partial charge in [-0.2, -0.15) is 11.3 Å². The van der Waals surface area contributed by atoms with Crippen molar-refractivity contribution in [2.45, 2.75) is 6.04 Å². The molecule has 21 heavy (non-hydrogen) atoms. The number of hydrogen-bond acceptors (Lipinski definition) is 3. The molecule has 1 aromatic heterocycles. The Morgan fingerprint density at radius 1 is 1.33 bits per heavy atom. The first-order valence-corrected chi connectivity index (χ1v) is 7.86. The highest BCUT2D eigenvalue weighted by Gasteiger charge is 2.35. The highest BCUT2D eigenvalue weighted by molar-refractivity contribution is 7.08. The molecule has 1 aliphatic heterocycles. The third-order valence-corrected chi connectivity index (χ3v) is 4.47. The Kier molecular flexibility index (Phi) is 3.94. The van der Waals surface area contributed by atoms with E-state index < -0.39 is 6.04 Å². The smallest absolute Gasteiger partial charge is 0.255 e. The minimum atomic E-state index is -0.681. The summed E-state index contributed by atoms with van der Waals surface area (Å²) in [4.78, 5) is 26.5. The molecule has 3 rings (SSSR count). The molecular weight excluding hydrogens is 308 g/mol. The summed E-state index contributed by atoms with van der Waals surface area (Å²) in [6.07, 6.45) is 0. The van der Waals surface area contributed by atoms with Crippen LogP contribution in [-0.2, 0) is 4.79 Å². The zero-order valence-corrected chi connectivity index (χ0v) is 12.7. The van der Waals surface area contributed by atoms with E-state index in [9.17, 15) is 9.59 Å². The molecule has 0 spiro atoms. The molecule has 1 N–H and O–H groups in total. The van der Waals surface area contributed by atoms with Crippen molar-refractivity contribution in [3.8, 4) is 0 Å². The number of thiophene rings is 1. The Labute approximate surface area is 131 Å². The molecule has 0 saturated carbocycles. The van der Waals surface area contributed by atoms with E-state index in [1.165, 1.54) is 11.3 Å². The number of rotatable bonds is 2. The van der Waals surface area contributed by atoms with Crippen LogP contribution in [0.4, 0.5) is 0 Å². The minimum absolute atomic E-state index is 0.143. The van der Waals surface area contributed by atoms with E-state index in [0.29, 0.717) is 29.2 Å². The van der Waals surface area contributed by atoms with Gasteiger partial charge in [0.25, 0.3) is 5.91 Å². The third kappa shape index (κ3) is 2.66. The van der Waals surface area contributed by atoms with Gasteiger partial charge in [-0.15, -0.1) is 0 Å². The fraction of sp³-hybridized carbons (Fsp3) is 0.200. The van der Waals surface area contributed by atoms with Gasteiger partial charge >= 0.3 is 0 Å². The van der Waals surface area contributed by atoms with Crippen molar-refractivity contribution in [2.24, 2.45) is 0 Å². The first kappa shape index (κ1) is 14.1. The summed E-state index contributed by atoms with van der Waals surface area (Å²) < 4.78 is 0. The highest BCUT2D eigenvalue weighted by Crippen LogP contribution is 2.30. The largest absolute Gasteiger partial charge is 0.352 e. The Morgan fingerprint density at radius 2 is 2.14 bits per heavy atom. The lowest BCUT2D eigenvalue weighted by molar-refractivity contribution is -0.128. The second-order valence-corrected chi connectivity index (χ2v) is 5.91. The van der Waals surface area contributed by atoms with Crippen LogP contribution in [0.25, 0.3) is 0 Å². The number of halogens is 1. The number of piperazine rings is 1. The maximum absolute atomic E-state index is 12.6. The SMILES string of the molecule is O=C1NCCN(C(=O)c2ccsc2)[C@@H]1c1ccccc1Cl. The summed E-state index contributed by atoms with van der Waals surface area (Å²) in [5.41, 5.74) is 1.26. The molecule has 108 valence electrons. The van der Waals surface area contributed by atoms with Gasteiger partial charge in [-0.1, -0.05) is 29.8 Å². The van der Waals surface area contributed by atoms with Crippen LogP contribution in [0.5, 0.6) is 0 Å². The lowest BCUT2D eigenvalue weighted by Crippen LogP contribution is -2.52. The quantitative estimate of drug-likeness (QED) is 0.925. The molecule has 0 bridgehead atoms. The van der Waals surface area contributed by atoms with Crippen LogP contribution in [0, 0.1) is 0 Å². The average Bonchev–Trinajstić information content (AvgIpc) is 3.01. The number of amides is 2. The number of carbonyl (C=O) groups excluding carboxylic acids is 2. The highest BCUT2D eigenvalue weighted by atomic mass is 35.5. The predicted molar refractivity (Wildman–Crippen MR) is 82.6 cm³/mol. The van der Waals surface area contributed by atoms with E-state index >= 15 is 0 Å². The van der Waals surface area contributed by atoms with Crippen LogP contribution < -0.4 is 5.32 Å². The van der Waals surface area contributed by atoms with E-state index in [-0.39, 0.29) is 11.8 Å². The molecule has 0 unspecified atom stereocenters. The van der Waals surface area contributed by atoms with Gasteiger partial charge in [0.15, 0.2) is 0 Å². The molecule has 2 aromatic rings. The number of nitrogens with zero attached hydrogens (tertiary/aromatic N) is 1. The molecule has 1 atom stereocenters. The monoisotopic (exact) mass is 320 g/mol. The number of nitrogens with one attached hydrogen (secondary N) is 1. The van der Waals surface area contributed by atoms with E-state index in [2.05, 4.69) is 5.32 Å². The maximum atomic E-state index is 12.6. The van der Waals surface area contributed by atoms with Gasteiger partial charge in [0.1, 0.15) is 6.04 Å². The van der Waals surface area contributed by atoms with Gasteiger partial charge in [0.05, 0.1) is 5.56 Å². The molecule has 1 saturated heterocycles. The molecule has 4 nitrogen and oxygen atoms in total. The van der Waals surface area contributed by atoms with Crippen LogP contribution in [-0.4, -0.2) is 29.8 Å². The van der Waals surface area contributed by atoms with Crippen LogP contribution >= 0.6 is 22.9 Å². The van der Waals surface area contributed by atoms with Crippen molar-refractivity contribution >= 4 is 34.8 Å². The van der Waals surface area contributed by atoms with Crippen molar-refractivity contribution in [1.82, 2.24) is 10.2 Å². The van der Waals surface area contributed by atoms with Crippen LogP contribution in [0.1, 0.15) is 22.0 Å². The minimum Gasteiger partial charge on any atom is -0.352 e. The second-order valence-electron chi connectivity index (χ2n) is 4.73. The zero-order chi connectivity index (χ0) is 14.8. The summed E-state index contributed by atoms with van der Waals surface area (Å²) in [5.74, 6) is -0.339. The molecule has 2 heterocycles. The lowest BCUT2D eigenvalue weighted by Gasteiger charge is -2.35. The van der Waals surface area contributed by atoms with Gasteiger partial charge in [-0.05, 0) is 17.5 Å². The summed E-state index contributed by atoms with van der Waals surface area (Å²) in [5, 5.41) is 6.93. The Bertz CT molecular complexity index is 672. The van der Waals surface area contributed by atoms with Crippen LogP contribution in [0.3, 0.4) is 0 Å². The number of carbonyl (C=O) groups is 2. The topological polar surface area (TPSA) is 49.4 Å². The first-order valence-electron chi connectivity index (χ1n) is 6.54. The zero-order valence-electron chi connectivity index (χ0n) is 11.1. The van der Waals surface area contributed by atoms with Crippen molar-refractivity contribution in [1.29, 1.82) is 0 Å². The summed E-state index contributed by atoms with van der Waals surface area (Å²) in [6, 6.07) is 8.22. The molecule has 0 aliphatic carbocycles. The molecule has 0 radical (unpaired) electrons. The number of hydrogen-bond donors (Lipinski definition) is 1. The van der Waals surface area contributed by atoms with Crippen LogP contribution in [0.15, 0.2) is 41.1 Å². The molecule has 1 aromatic carbocycles. The molecule has 6 heteroatoms. The van der Waals surface area contributed by atoms with Gasteiger partial charge in [0, 0.05) is 29.1 Å². The summed E-state index contributed by atoms with van der Waals surface area (Å²) in [7, 11) is 0. The normalized spacial score (nSPS) is 18.4. The Hall–Kier alpha value is -1.85. The summed E-state index contributed by atoms with van der Waals surface area (Å²) >= 11 is 7.66. The second kappa shape index (κ2) is 5.87. The number of benzene rings is 1. The van der Waals surface area contributed by atoms with Gasteiger partial charge < -0.3 is 10.2 Å². The van der Waals surface area contributed by atoms with Crippen molar-refractivity contribution < 1.29 is 9.59 Å². The lowest BCUT2D eigenvalue weighted by atomic mass is 10.0. The summed E-state index contributed by atoms with van der Waals surface area (Å²) in [6.45, 7) is 0.923. The molecular formula is C15H13ClN2O2S. The maximum Gasteiger partial charge on any atom is 0.255 e. The Balaban J connectivity index is 1.99. The molecule has 1 fully saturated rings. The fourth-order valence-electron chi connectivity index (χ4n) is 2.44. The molecule has 2 amide bonds. The average molecular weight is 321 g/mol. The van der Waals surface area contributed by atoms with E-state index in [1.807, 2.05) is 11.4 Å². The van der Waals surface area contributed by atoms with Crippen molar-refractivity contribution in [3.63, 3.8) is 0 Å². The standard InChI is InChI=1S/C15H13ClN2O2S/c16-12-4-2-1-3-11(12)13-14(19)17-6-7-18(13)15(20)10-5-8-21-9-10/h1-5,8-9,13H,6-7H2,(H,17,19)/t13-/m1/s1. The third-order valence-electron chi connectivity index (χ3n) is 3.44. The van der Waals surface area contributed by atoms with E-state index in [4.69, 9.17) is 11.6 Å². The van der Waals surface area contributed by atoms with Crippen molar-refractivity contribution in [3.05, 3.63) is 57.2 Å². The Morgan fingerprint density at radius 3 is 2.86 bits per heavy atom. The van der Waals surface area contributed by atoms with Gasteiger partial charge in [0.2, 0.25) is 5.91 Å². The van der Waals surface area contributed by atoms with Gasteiger partial charge in [-0.25, -0.2) is 0 Å². The van der Waals surface area contributed by atoms with Crippen molar-refractivity contribution in [2.75, 3.05) is 13.1 Å². The van der Waals surface area contributed by atoms with E-state index in [0.717, 1.165) is 0 Å². The predicted octanol–water partition coefficient (Wildman–Crippen LogP) is 2.71. The molecule has 1 aliphatic rings. The van der Waals surface area contributed by atoms with Crippen LogP contribution in [0.2, 0.25) is 5.02 Å². The fourth-order valence-corrected chi connectivity index (χ4v) is 3.31. The van der Waals surface area contributed by atoms with Gasteiger partial charge in [-0.3, -0.25) is 9.59 Å².